The van der Waals surface area contributed by atoms with Crippen LogP contribution in [-0.4, -0.2) is 0 Å². The van der Waals surface area contributed by atoms with Gasteiger partial charge in [0.15, 0.2) is 0 Å². The van der Waals surface area contributed by atoms with E-state index in [9.17, 15) is 0 Å². The van der Waals surface area contributed by atoms with Gasteiger partial charge >= 0.3 is 0 Å². The Kier molecular flexibility index (Phi) is 10.7. The lowest BCUT2D eigenvalue weighted by molar-refractivity contribution is 1.14. The van der Waals surface area contributed by atoms with Crippen LogP contribution in [-0.2, 0) is 12.8 Å². The van der Waals surface area contributed by atoms with Crippen LogP contribution in [0.5, 0.6) is 0 Å². The molecular formula is C29H31Br. The molecule has 0 nitrogen and oxygen atoms in total. The molecule has 0 fully saturated rings. The third kappa shape index (κ3) is 9.71. The van der Waals surface area contributed by atoms with Gasteiger partial charge < -0.3 is 0 Å². The van der Waals surface area contributed by atoms with Crippen molar-refractivity contribution < 1.29 is 0 Å². The average molecular weight is 459 g/mol. The normalized spacial score (nSPS) is 9.60. The van der Waals surface area contributed by atoms with Gasteiger partial charge in [0.2, 0.25) is 0 Å². The Hall–Kier alpha value is -2.64. The summed E-state index contributed by atoms with van der Waals surface area (Å²) in [5.41, 5.74) is 6.78. The first-order chi connectivity index (χ1) is 14.6. The van der Waals surface area contributed by atoms with Crippen LogP contribution in [0, 0.1) is 13.8 Å². The molecule has 0 saturated carbocycles. The van der Waals surface area contributed by atoms with E-state index in [0.29, 0.717) is 0 Å². The minimum Gasteiger partial charge on any atom is -0.0622 e. The summed E-state index contributed by atoms with van der Waals surface area (Å²) in [5.74, 6) is 0. The minimum absolute atomic E-state index is 1.03. The summed E-state index contributed by atoms with van der Waals surface area (Å²) < 4.78 is 1.14. The highest BCUT2D eigenvalue weighted by atomic mass is 79.9. The van der Waals surface area contributed by atoms with E-state index in [1.165, 1.54) is 27.8 Å². The molecule has 0 N–H and O–H groups in total. The van der Waals surface area contributed by atoms with Crippen LogP contribution in [0.1, 0.15) is 34.7 Å². The largest absolute Gasteiger partial charge is 0.0622 e. The molecule has 0 atom stereocenters. The van der Waals surface area contributed by atoms with Gasteiger partial charge in [-0.2, -0.15) is 0 Å². The predicted molar refractivity (Wildman–Crippen MR) is 135 cm³/mol. The van der Waals surface area contributed by atoms with Crippen molar-refractivity contribution >= 4 is 15.9 Å². The summed E-state index contributed by atoms with van der Waals surface area (Å²) >= 11 is 3.35. The van der Waals surface area contributed by atoms with Crippen LogP contribution < -0.4 is 0 Å². The van der Waals surface area contributed by atoms with E-state index in [1.54, 1.807) is 0 Å². The Bertz CT molecular complexity index is 920. The molecule has 0 heterocycles. The van der Waals surface area contributed by atoms with Crippen molar-refractivity contribution in [1.29, 1.82) is 0 Å². The van der Waals surface area contributed by atoms with E-state index in [4.69, 9.17) is 0 Å². The molecular weight excluding hydrogens is 428 g/mol. The maximum atomic E-state index is 3.35. The van der Waals surface area contributed by atoms with E-state index >= 15 is 0 Å². The zero-order valence-corrected chi connectivity index (χ0v) is 19.8. The van der Waals surface area contributed by atoms with Crippen molar-refractivity contribution in [1.82, 2.24) is 0 Å². The molecule has 0 radical (unpaired) electrons. The number of aryl methyl sites for hydroxylation is 3. The van der Waals surface area contributed by atoms with Gasteiger partial charge in [0, 0.05) is 4.47 Å². The molecule has 4 rings (SSSR count). The predicted octanol–water partition coefficient (Wildman–Crippen LogP) is 8.59. The first kappa shape index (κ1) is 23.6. The average Bonchev–Trinajstić information content (AvgIpc) is 2.79. The van der Waals surface area contributed by atoms with Crippen molar-refractivity contribution in [3.63, 3.8) is 0 Å². The van der Waals surface area contributed by atoms with Gasteiger partial charge in [-0.3, -0.25) is 0 Å². The van der Waals surface area contributed by atoms with Crippen LogP contribution in [0.25, 0.3) is 0 Å². The van der Waals surface area contributed by atoms with Crippen molar-refractivity contribution in [3.05, 3.63) is 141 Å². The fraction of sp³-hybridized carbons (Fsp3) is 0.172. The van der Waals surface area contributed by atoms with Gasteiger partial charge in [-0.15, -0.1) is 0 Å². The lowest BCUT2D eigenvalue weighted by atomic mass is 10.0. The molecule has 0 spiro atoms. The quantitative estimate of drug-likeness (QED) is 0.288. The topological polar surface area (TPSA) is 0 Å². The third-order valence-corrected chi connectivity index (χ3v) is 5.16. The van der Waals surface area contributed by atoms with Gasteiger partial charge in [0.1, 0.15) is 0 Å². The summed E-state index contributed by atoms with van der Waals surface area (Å²) in [6, 6.07) is 38.0. The number of benzene rings is 4. The highest BCUT2D eigenvalue weighted by Crippen LogP contribution is 2.10. The van der Waals surface area contributed by atoms with Gasteiger partial charge in [0.05, 0.1) is 0 Å². The lowest BCUT2D eigenvalue weighted by Crippen LogP contribution is -1.86. The molecule has 4 aromatic carbocycles. The second kappa shape index (κ2) is 13.6. The standard InChI is InChI=1S/C14H14.C8H10.C7H7Br/c1-12-7-9-14(10-8-12)11-13-5-3-2-4-6-13;1-2-8-6-4-3-5-7-8;1-6-2-4-7(8)5-3-6/h2-10H,11H2,1H3;3-7H,2H2,1H3;2-5H,1H3. The lowest BCUT2D eigenvalue weighted by Gasteiger charge is -2.01. The zero-order chi connectivity index (χ0) is 21.6. The van der Waals surface area contributed by atoms with Crippen molar-refractivity contribution in [2.24, 2.45) is 0 Å². The molecule has 0 aliphatic rings. The Morgan fingerprint density at radius 2 is 0.900 bits per heavy atom. The zero-order valence-electron chi connectivity index (χ0n) is 18.2. The molecule has 0 saturated heterocycles. The Morgan fingerprint density at radius 1 is 0.500 bits per heavy atom. The molecule has 0 aromatic heterocycles. The van der Waals surface area contributed by atoms with E-state index in [2.05, 4.69) is 128 Å². The third-order valence-electron chi connectivity index (χ3n) is 4.63. The number of rotatable bonds is 3. The fourth-order valence-electron chi connectivity index (χ4n) is 2.78. The van der Waals surface area contributed by atoms with Crippen molar-refractivity contribution in [2.45, 2.75) is 33.6 Å². The number of hydrogen-bond acceptors (Lipinski definition) is 0. The van der Waals surface area contributed by atoms with Gasteiger partial charge in [-0.25, -0.2) is 0 Å². The molecule has 154 valence electrons. The molecule has 0 aliphatic heterocycles. The molecule has 0 aliphatic carbocycles. The van der Waals surface area contributed by atoms with Crippen LogP contribution in [0.15, 0.2) is 114 Å². The number of hydrogen-bond donors (Lipinski definition) is 0. The maximum absolute atomic E-state index is 3.35. The Morgan fingerprint density at radius 3 is 1.30 bits per heavy atom. The summed E-state index contributed by atoms with van der Waals surface area (Å²) in [6.45, 7) is 6.36. The van der Waals surface area contributed by atoms with E-state index < -0.39 is 0 Å². The SMILES string of the molecule is CCc1ccccc1.Cc1ccc(Br)cc1.Cc1ccc(Cc2ccccc2)cc1. The van der Waals surface area contributed by atoms with E-state index in [0.717, 1.165) is 17.3 Å². The highest BCUT2D eigenvalue weighted by molar-refractivity contribution is 9.10. The van der Waals surface area contributed by atoms with Gasteiger partial charge in [-0.05, 0) is 55.5 Å². The maximum Gasteiger partial charge on any atom is 0.0175 e. The van der Waals surface area contributed by atoms with Crippen LogP contribution in [0.3, 0.4) is 0 Å². The Balaban J connectivity index is 0.000000172. The van der Waals surface area contributed by atoms with Crippen molar-refractivity contribution in [3.8, 4) is 0 Å². The summed E-state index contributed by atoms with van der Waals surface area (Å²) in [7, 11) is 0. The van der Waals surface area contributed by atoms with Crippen LogP contribution in [0.2, 0.25) is 0 Å². The van der Waals surface area contributed by atoms with Crippen LogP contribution in [0.4, 0.5) is 0 Å². The minimum atomic E-state index is 1.03. The van der Waals surface area contributed by atoms with E-state index in [1.807, 2.05) is 18.2 Å². The van der Waals surface area contributed by atoms with Gasteiger partial charge in [-0.1, -0.05) is 131 Å². The smallest absolute Gasteiger partial charge is 0.0175 e. The van der Waals surface area contributed by atoms with Crippen molar-refractivity contribution in [2.75, 3.05) is 0 Å². The molecule has 0 unspecified atom stereocenters. The molecule has 30 heavy (non-hydrogen) atoms. The highest BCUT2D eigenvalue weighted by Gasteiger charge is 1.94. The molecule has 1 heteroatoms. The summed E-state index contributed by atoms with van der Waals surface area (Å²) in [6.07, 6.45) is 2.17. The second-order valence-electron chi connectivity index (χ2n) is 7.28. The summed E-state index contributed by atoms with van der Waals surface area (Å²) in [5, 5.41) is 0. The first-order valence-electron chi connectivity index (χ1n) is 10.4. The first-order valence-corrected chi connectivity index (χ1v) is 11.2. The fourth-order valence-corrected chi connectivity index (χ4v) is 3.05. The Labute approximate surface area is 190 Å². The monoisotopic (exact) mass is 458 g/mol. The second-order valence-corrected chi connectivity index (χ2v) is 8.20. The molecule has 4 aromatic rings. The van der Waals surface area contributed by atoms with Crippen LogP contribution >= 0.6 is 15.9 Å². The summed E-state index contributed by atoms with van der Waals surface area (Å²) in [4.78, 5) is 0. The van der Waals surface area contributed by atoms with E-state index in [-0.39, 0.29) is 0 Å². The molecule has 0 amide bonds. The molecule has 0 bridgehead atoms. The number of halogens is 1. The van der Waals surface area contributed by atoms with Gasteiger partial charge in [0.25, 0.3) is 0 Å².